The molecule has 1 unspecified atom stereocenters. The van der Waals surface area contributed by atoms with Crippen LogP contribution in [0.25, 0.3) is 0 Å². The van der Waals surface area contributed by atoms with Gasteiger partial charge in [-0.3, -0.25) is 4.79 Å². The van der Waals surface area contributed by atoms with Crippen LogP contribution in [0.2, 0.25) is 0 Å². The third kappa shape index (κ3) is 7.20. The fourth-order valence-electron chi connectivity index (χ4n) is 4.48. The SMILES string of the molecule is CN1CC(CC2CCN(C(=O)OC(C)(C)C)CC2)CNCCCc2cccc(n2)C1=O. The summed E-state index contributed by atoms with van der Waals surface area (Å²) in [6.07, 6.45) is 4.71. The summed E-state index contributed by atoms with van der Waals surface area (Å²) in [4.78, 5) is 33.4. The van der Waals surface area contributed by atoms with Crippen LogP contribution in [-0.2, 0) is 11.2 Å². The van der Waals surface area contributed by atoms with Gasteiger partial charge in [0, 0.05) is 32.4 Å². The van der Waals surface area contributed by atoms with Crippen LogP contribution in [0.4, 0.5) is 4.79 Å². The van der Waals surface area contributed by atoms with Gasteiger partial charge in [0.2, 0.25) is 0 Å². The van der Waals surface area contributed by atoms with Crippen LogP contribution in [-0.4, -0.2) is 72.2 Å². The Morgan fingerprint density at radius 1 is 1.23 bits per heavy atom. The van der Waals surface area contributed by atoms with E-state index in [0.717, 1.165) is 64.0 Å². The van der Waals surface area contributed by atoms with E-state index in [1.807, 2.05) is 55.8 Å². The lowest BCUT2D eigenvalue weighted by Crippen LogP contribution is -2.43. The van der Waals surface area contributed by atoms with E-state index >= 15 is 0 Å². The van der Waals surface area contributed by atoms with Gasteiger partial charge in [0.25, 0.3) is 5.91 Å². The first-order valence-electron chi connectivity index (χ1n) is 11.6. The molecule has 1 aromatic rings. The summed E-state index contributed by atoms with van der Waals surface area (Å²) in [5.41, 5.74) is 1.06. The molecule has 7 heteroatoms. The van der Waals surface area contributed by atoms with Crippen molar-refractivity contribution in [2.24, 2.45) is 11.8 Å². The van der Waals surface area contributed by atoms with E-state index in [2.05, 4.69) is 10.3 Å². The summed E-state index contributed by atoms with van der Waals surface area (Å²) in [6.45, 7) is 9.76. The topological polar surface area (TPSA) is 74.8 Å². The molecule has 0 saturated carbocycles. The highest BCUT2D eigenvalue weighted by molar-refractivity contribution is 5.92. The Morgan fingerprint density at radius 2 is 1.97 bits per heavy atom. The second-order valence-corrected chi connectivity index (χ2v) is 10.0. The quantitative estimate of drug-likeness (QED) is 0.779. The molecule has 1 saturated heterocycles. The third-order valence-corrected chi connectivity index (χ3v) is 6.06. The van der Waals surface area contributed by atoms with E-state index < -0.39 is 5.60 Å². The van der Waals surface area contributed by atoms with Crippen molar-refractivity contribution < 1.29 is 14.3 Å². The average Bonchev–Trinajstić information content (AvgIpc) is 2.71. The van der Waals surface area contributed by atoms with Crippen LogP contribution >= 0.6 is 0 Å². The molecule has 2 bridgehead atoms. The Bertz CT molecular complexity index is 753. The zero-order valence-corrected chi connectivity index (χ0v) is 19.5. The zero-order chi connectivity index (χ0) is 22.4. The predicted molar refractivity (Wildman–Crippen MR) is 121 cm³/mol. The van der Waals surface area contributed by atoms with Gasteiger partial charge in [-0.2, -0.15) is 0 Å². The number of piperidine rings is 1. The molecule has 3 heterocycles. The van der Waals surface area contributed by atoms with E-state index in [4.69, 9.17) is 4.74 Å². The van der Waals surface area contributed by atoms with Gasteiger partial charge in [0.05, 0.1) is 0 Å². The first kappa shape index (κ1) is 23.5. The zero-order valence-electron chi connectivity index (χ0n) is 19.5. The number of aryl methyl sites for hydroxylation is 1. The number of ether oxygens (including phenoxy) is 1. The average molecular weight is 431 g/mol. The van der Waals surface area contributed by atoms with Crippen LogP contribution in [0.15, 0.2) is 18.2 Å². The van der Waals surface area contributed by atoms with Crippen molar-refractivity contribution >= 4 is 12.0 Å². The molecule has 7 nitrogen and oxygen atoms in total. The maximum Gasteiger partial charge on any atom is 0.410 e. The normalized spacial score (nSPS) is 21.9. The Morgan fingerprint density at radius 3 is 2.68 bits per heavy atom. The number of nitrogens with one attached hydrogen (secondary N) is 1. The fraction of sp³-hybridized carbons (Fsp3) is 0.708. The molecule has 1 fully saturated rings. The predicted octanol–water partition coefficient (Wildman–Crippen LogP) is 3.34. The lowest BCUT2D eigenvalue weighted by atomic mass is 9.86. The van der Waals surface area contributed by atoms with Crippen LogP contribution in [0.3, 0.4) is 0 Å². The monoisotopic (exact) mass is 430 g/mol. The maximum atomic E-state index is 12.9. The van der Waals surface area contributed by atoms with Crippen LogP contribution in [0.1, 0.15) is 62.6 Å². The molecule has 0 aromatic carbocycles. The Hall–Kier alpha value is -2.15. The Balaban J connectivity index is 1.56. The lowest BCUT2D eigenvalue weighted by molar-refractivity contribution is 0.0172. The molecule has 1 N–H and O–H groups in total. The van der Waals surface area contributed by atoms with Gasteiger partial charge >= 0.3 is 6.09 Å². The maximum absolute atomic E-state index is 12.9. The summed E-state index contributed by atoms with van der Waals surface area (Å²) >= 11 is 0. The summed E-state index contributed by atoms with van der Waals surface area (Å²) < 4.78 is 5.51. The molecule has 3 rings (SSSR count). The number of hydrogen-bond acceptors (Lipinski definition) is 5. The minimum Gasteiger partial charge on any atom is -0.444 e. The minimum atomic E-state index is -0.460. The van der Waals surface area contributed by atoms with Gasteiger partial charge < -0.3 is 19.9 Å². The molecule has 0 aliphatic carbocycles. The number of aromatic nitrogens is 1. The first-order chi connectivity index (χ1) is 14.7. The largest absolute Gasteiger partial charge is 0.444 e. The van der Waals surface area contributed by atoms with E-state index in [9.17, 15) is 9.59 Å². The minimum absolute atomic E-state index is 0.00725. The number of hydrogen-bond donors (Lipinski definition) is 1. The number of carbonyl (C=O) groups is 2. The lowest BCUT2D eigenvalue weighted by Gasteiger charge is -2.35. The Kier molecular flexibility index (Phi) is 7.92. The molecule has 2 aliphatic rings. The molecule has 0 radical (unpaired) electrons. The smallest absolute Gasteiger partial charge is 0.410 e. The summed E-state index contributed by atoms with van der Waals surface area (Å²) in [6, 6.07) is 5.74. The number of likely N-dealkylation sites (tertiary alicyclic amines) is 1. The second-order valence-electron chi connectivity index (χ2n) is 10.0. The highest BCUT2D eigenvalue weighted by Crippen LogP contribution is 2.26. The van der Waals surface area contributed by atoms with E-state index in [-0.39, 0.29) is 12.0 Å². The summed E-state index contributed by atoms with van der Waals surface area (Å²) in [7, 11) is 1.88. The van der Waals surface area contributed by atoms with E-state index in [1.54, 1.807) is 0 Å². The van der Waals surface area contributed by atoms with Crippen LogP contribution < -0.4 is 5.32 Å². The number of nitrogens with zero attached hydrogens (tertiary/aromatic N) is 3. The number of pyridine rings is 1. The number of carbonyl (C=O) groups excluding carboxylic acids is 2. The summed E-state index contributed by atoms with van der Waals surface area (Å²) in [5.74, 6) is 0.935. The van der Waals surface area contributed by atoms with Gasteiger partial charge in [-0.05, 0) is 89.9 Å². The number of rotatable bonds is 2. The number of amides is 2. The standard InChI is InChI=1S/C24H38N4O3/c1-24(2,3)31-23(30)28-13-10-18(11-14-28)15-19-16-25-12-6-8-20-7-5-9-21(26-20)22(29)27(4)17-19/h5,7,9,18-19,25H,6,8,10-17H2,1-4H3. The second kappa shape index (κ2) is 10.4. The van der Waals surface area contributed by atoms with Gasteiger partial charge in [-0.15, -0.1) is 0 Å². The van der Waals surface area contributed by atoms with Crippen molar-refractivity contribution in [2.75, 3.05) is 39.8 Å². The van der Waals surface area contributed by atoms with Crippen molar-refractivity contribution in [1.29, 1.82) is 0 Å². The van der Waals surface area contributed by atoms with Crippen LogP contribution in [0.5, 0.6) is 0 Å². The molecule has 0 spiro atoms. The van der Waals surface area contributed by atoms with Gasteiger partial charge in [0.15, 0.2) is 0 Å². The van der Waals surface area contributed by atoms with Crippen LogP contribution in [0, 0.1) is 11.8 Å². The number of fused-ring (bicyclic) bond motifs is 2. The molecule has 31 heavy (non-hydrogen) atoms. The van der Waals surface area contributed by atoms with E-state index in [0.29, 0.717) is 24.1 Å². The van der Waals surface area contributed by atoms with Gasteiger partial charge in [-0.25, -0.2) is 9.78 Å². The highest BCUT2D eigenvalue weighted by Gasteiger charge is 2.29. The fourth-order valence-corrected chi connectivity index (χ4v) is 4.48. The highest BCUT2D eigenvalue weighted by atomic mass is 16.6. The molecule has 2 amide bonds. The molecular weight excluding hydrogens is 392 g/mol. The first-order valence-corrected chi connectivity index (χ1v) is 11.6. The van der Waals surface area contributed by atoms with Crippen molar-refractivity contribution in [2.45, 2.75) is 58.5 Å². The molecule has 1 atom stereocenters. The van der Waals surface area contributed by atoms with Gasteiger partial charge in [-0.1, -0.05) is 6.07 Å². The molecule has 2 aliphatic heterocycles. The molecule has 172 valence electrons. The van der Waals surface area contributed by atoms with Crippen molar-refractivity contribution in [1.82, 2.24) is 20.1 Å². The summed E-state index contributed by atoms with van der Waals surface area (Å²) in [5, 5.41) is 3.59. The van der Waals surface area contributed by atoms with Crippen molar-refractivity contribution in [3.8, 4) is 0 Å². The third-order valence-electron chi connectivity index (χ3n) is 6.06. The van der Waals surface area contributed by atoms with E-state index in [1.165, 1.54) is 0 Å². The molecule has 1 aromatic heterocycles. The Labute approximate surface area is 186 Å². The van der Waals surface area contributed by atoms with Gasteiger partial charge in [0.1, 0.15) is 11.3 Å². The van der Waals surface area contributed by atoms with Crippen molar-refractivity contribution in [3.63, 3.8) is 0 Å². The van der Waals surface area contributed by atoms with Crippen molar-refractivity contribution in [3.05, 3.63) is 29.6 Å². The molecular formula is C24H38N4O3.